The highest BCUT2D eigenvalue weighted by Gasteiger charge is 2.47. The van der Waals surface area contributed by atoms with Gasteiger partial charge in [0.1, 0.15) is 0 Å². The number of hydrogen-bond donors (Lipinski definition) is 1. The number of halogens is 1. The minimum absolute atomic E-state index is 0.0791. The minimum Gasteiger partial charge on any atom is -0.393 e. The summed E-state index contributed by atoms with van der Waals surface area (Å²) in [4.78, 5) is 3.79. The third-order valence-electron chi connectivity index (χ3n) is 3.63. The highest BCUT2D eigenvalue weighted by molar-refractivity contribution is 7.91. The van der Waals surface area contributed by atoms with Gasteiger partial charge in [0.25, 0.3) is 10.0 Å². The van der Waals surface area contributed by atoms with Crippen molar-refractivity contribution in [2.45, 2.75) is 48.1 Å². The number of nitrogens with zero attached hydrogens (tertiary/aromatic N) is 2. The Morgan fingerprint density at radius 2 is 2.00 bits per heavy atom. The Morgan fingerprint density at radius 3 is 2.50 bits per heavy atom. The van der Waals surface area contributed by atoms with Gasteiger partial charge in [-0.25, -0.2) is 13.4 Å². The molecule has 2 aliphatic heterocycles. The average molecular weight is 309 g/mol. The van der Waals surface area contributed by atoms with Gasteiger partial charge in [-0.05, 0) is 25.7 Å². The average Bonchev–Trinajstić information content (AvgIpc) is 2.83. The van der Waals surface area contributed by atoms with Crippen molar-refractivity contribution < 1.29 is 13.5 Å². The molecule has 1 N–H and O–H groups in total. The standard InChI is InChI=1S/C10H13ClN2O3S2/c11-10-12-5-9(17-10)18(15,16)13-6-1-2-7(13)4-8(14)3-6/h5-8,14H,1-4H2. The molecule has 0 aliphatic carbocycles. The number of piperidine rings is 1. The molecule has 5 nitrogen and oxygen atoms in total. The van der Waals surface area contributed by atoms with E-state index in [0.717, 1.165) is 24.2 Å². The summed E-state index contributed by atoms with van der Waals surface area (Å²) in [5.41, 5.74) is 0. The lowest BCUT2D eigenvalue weighted by Gasteiger charge is -2.35. The zero-order valence-corrected chi connectivity index (χ0v) is 11.9. The Balaban J connectivity index is 1.96. The zero-order valence-electron chi connectivity index (χ0n) is 9.49. The van der Waals surface area contributed by atoms with Crippen LogP contribution in [0.15, 0.2) is 10.4 Å². The number of rotatable bonds is 2. The molecule has 1 aromatic heterocycles. The van der Waals surface area contributed by atoms with E-state index in [0.29, 0.717) is 12.8 Å². The maximum absolute atomic E-state index is 12.5. The molecule has 2 aliphatic rings. The molecule has 2 fully saturated rings. The molecule has 8 heteroatoms. The van der Waals surface area contributed by atoms with E-state index in [1.165, 1.54) is 6.20 Å². The van der Waals surface area contributed by atoms with Crippen molar-refractivity contribution in [2.24, 2.45) is 0 Å². The van der Waals surface area contributed by atoms with Crippen molar-refractivity contribution in [2.75, 3.05) is 0 Å². The van der Waals surface area contributed by atoms with E-state index in [1.54, 1.807) is 4.31 Å². The van der Waals surface area contributed by atoms with Crippen molar-refractivity contribution in [3.05, 3.63) is 10.7 Å². The molecule has 3 rings (SSSR count). The lowest BCUT2D eigenvalue weighted by atomic mass is 10.0. The molecule has 2 atom stereocenters. The molecule has 2 saturated heterocycles. The van der Waals surface area contributed by atoms with Gasteiger partial charge in [0.05, 0.1) is 12.3 Å². The number of thiazole rings is 1. The first-order valence-corrected chi connectivity index (χ1v) is 8.45. The fourth-order valence-corrected chi connectivity index (χ4v) is 6.25. The largest absolute Gasteiger partial charge is 0.393 e. The number of aromatic nitrogens is 1. The summed E-state index contributed by atoms with van der Waals surface area (Å²) >= 11 is 6.68. The summed E-state index contributed by atoms with van der Waals surface area (Å²) in [6.07, 6.45) is 3.65. The number of fused-ring (bicyclic) bond motifs is 2. The van der Waals surface area contributed by atoms with Crippen LogP contribution in [0, 0.1) is 0 Å². The van der Waals surface area contributed by atoms with Gasteiger partial charge >= 0.3 is 0 Å². The Bertz CT molecular complexity index is 545. The molecule has 2 bridgehead atoms. The highest BCUT2D eigenvalue weighted by Crippen LogP contribution is 2.40. The van der Waals surface area contributed by atoms with Crippen LogP contribution in [-0.4, -0.2) is 41.0 Å². The van der Waals surface area contributed by atoms with Crippen molar-refractivity contribution >= 4 is 33.0 Å². The summed E-state index contributed by atoms with van der Waals surface area (Å²) in [6, 6.07) is -0.158. The van der Waals surface area contributed by atoms with Crippen LogP contribution >= 0.6 is 22.9 Å². The third-order valence-corrected chi connectivity index (χ3v) is 7.19. The molecule has 0 radical (unpaired) electrons. The SMILES string of the molecule is O=S(=O)(c1cnc(Cl)s1)N1C2CCC1CC(O)C2. The molecular weight excluding hydrogens is 296 g/mol. The molecule has 100 valence electrons. The molecule has 0 amide bonds. The fraction of sp³-hybridized carbons (Fsp3) is 0.700. The van der Waals surface area contributed by atoms with Gasteiger partial charge < -0.3 is 5.11 Å². The predicted octanol–water partition coefficient (Wildman–Crippen LogP) is 1.47. The first-order chi connectivity index (χ1) is 8.48. The Kier molecular flexibility index (Phi) is 3.14. The van der Waals surface area contributed by atoms with E-state index in [-0.39, 0.29) is 26.9 Å². The normalized spacial score (nSPS) is 32.9. The Labute approximate surface area is 114 Å². The molecule has 3 heterocycles. The van der Waals surface area contributed by atoms with Gasteiger partial charge in [0.2, 0.25) is 0 Å². The topological polar surface area (TPSA) is 70.5 Å². The van der Waals surface area contributed by atoms with E-state index in [1.807, 2.05) is 0 Å². The fourth-order valence-electron chi connectivity index (χ4n) is 2.96. The molecule has 0 saturated carbocycles. The monoisotopic (exact) mass is 308 g/mol. The van der Waals surface area contributed by atoms with Gasteiger partial charge in [-0.2, -0.15) is 4.31 Å². The van der Waals surface area contributed by atoms with Crippen LogP contribution in [0.1, 0.15) is 25.7 Å². The Morgan fingerprint density at radius 1 is 1.39 bits per heavy atom. The van der Waals surface area contributed by atoms with Crippen molar-refractivity contribution in [1.82, 2.24) is 9.29 Å². The molecule has 2 unspecified atom stereocenters. The zero-order chi connectivity index (χ0) is 12.9. The van der Waals surface area contributed by atoms with Gasteiger partial charge in [-0.15, -0.1) is 0 Å². The molecule has 1 aromatic rings. The Hall–Kier alpha value is -0.210. The number of aliphatic hydroxyl groups excluding tert-OH is 1. The maximum Gasteiger partial charge on any atom is 0.254 e. The number of aliphatic hydroxyl groups is 1. The maximum atomic E-state index is 12.5. The second-order valence-corrected chi connectivity index (χ2v) is 8.46. The lowest BCUT2D eigenvalue weighted by Crippen LogP contribution is -2.47. The number of hydrogen-bond acceptors (Lipinski definition) is 5. The smallest absolute Gasteiger partial charge is 0.254 e. The predicted molar refractivity (Wildman–Crippen MR) is 68.2 cm³/mol. The molecule has 0 spiro atoms. The first kappa shape index (κ1) is 12.8. The number of sulfonamides is 1. The second-order valence-electron chi connectivity index (χ2n) is 4.78. The van der Waals surface area contributed by atoms with Crippen LogP contribution in [0.25, 0.3) is 0 Å². The van der Waals surface area contributed by atoms with Crippen LogP contribution in [0.4, 0.5) is 0 Å². The summed E-state index contributed by atoms with van der Waals surface area (Å²) in [6.45, 7) is 0. The van der Waals surface area contributed by atoms with Crippen molar-refractivity contribution in [1.29, 1.82) is 0 Å². The quantitative estimate of drug-likeness (QED) is 0.898. The van der Waals surface area contributed by atoms with E-state index < -0.39 is 10.0 Å². The van der Waals surface area contributed by atoms with E-state index >= 15 is 0 Å². The van der Waals surface area contributed by atoms with Gasteiger partial charge in [0, 0.05) is 12.1 Å². The second kappa shape index (κ2) is 4.42. The third kappa shape index (κ3) is 1.98. The minimum atomic E-state index is -3.51. The van der Waals surface area contributed by atoms with Crippen LogP contribution in [-0.2, 0) is 10.0 Å². The molecular formula is C10H13ClN2O3S2. The first-order valence-electron chi connectivity index (χ1n) is 5.81. The van der Waals surface area contributed by atoms with E-state index in [9.17, 15) is 13.5 Å². The van der Waals surface area contributed by atoms with Crippen LogP contribution in [0.3, 0.4) is 0 Å². The van der Waals surface area contributed by atoms with E-state index in [4.69, 9.17) is 11.6 Å². The van der Waals surface area contributed by atoms with Crippen molar-refractivity contribution in [3.63, 3.8) is 0 Å². The summed E-state index contributed by atoms with van der Waals surface area (Å²) in [5.74, 6) is 0. The molecule has 0 aromatic carbocycles. The van der Waals surface area contributed by atoms with E-state index in [2.05, 4.69) is 4.98 Å². The van der Waals surface area contributed by atoms with Crippen LogP contribution in [0.2, 0.25) is 4.47 Å². The molecule has 18 heavy (non-hydrogen) atoms. The van der Waals surface area contributed by atoms with Gasteiger partial charge in [-0.3, -0.25) is 0 Å². The van der Waals surface area contributed by atoms with Crippen LogP contribution < -0.4 is 0 Å². The summed E-state index contributed by atoms with van der Waals surface area (Å²) in [7, 11) is -3.51. The summed E-state index contributed by atoms with van der Waals surface area (Å²) < 4.78 is 27.0. The van der Waals surface area contributed by atoms with Gasteiger partial charge in [0.15, 0.2) is 8.68 Å². The highest BCUT2D eigenvalue weighted by atomic mass is 35.5. The summed E-state index contributed by atoms with van der Waals surface area (Å²) in [5, 5.41) is 9.70. The lowest BCUT2D eigenvalue weighted by molar-refractivity contribution is 0.0769. The van der Waals surface area contributed by atoms with Crippen LogP contribution in [0.5, 0.6) is 0 Å². The van der Waals surface area contributed by atoms with Gasteiger partial charge in [-0.1, -0.05) is 22.9 Å². The van der Waals surface area contributed by atoms with Crippen molar-refractivity contribution in [3.8, 4) is 0 Å².